The quantitative estimate of drug-likeness (QED) is 0.681. The van der Waals surface area contributed by atoms with Crippen LogP contribution in [0.4, 0.5) is 0 Å². The summed E-state index contributed by atoms with van der Waals surface area (Å²) in [7, 11) is 0. The Morgan fingerprint density at radius 1 is 0.882 bits per heavy atom. The molecule has 98 valence electrons. The van der Waals surface area contributed by atoms with Gasteiger partial charge in [0.15, 0.2) is 0 Å². The number of rotatable bonds is 0. The molecule has 0 aromatic heterocycles. The van der Waals surface area contributed by atoms with Crippen molar-refractivity contribution in [3.8, 4) is 0 Å². The van der Waals surface area contributed by atoms with Crippen molar-refractivity contribution in [3.05, 3.63) is 0 Å². The fourth-order valence-electron chi connectivity index (χ4n) is 5.36. The molecule has 17 heavy (non-hydrogen) atoms. The topological polar surface area (TPSA) is 40.5 Å². The summed E-state index contributed by atoms with van der Waals surface area (Å²) in [6, 6.07) is 0. The van der Waals surface area contributed by atoms with E-state index in [1.165, 1.54) is 0 Å². The van der Waals surface area contributed by atoms with Gasteiger partial charge in [-0.3, -0.25) is 0 Å². The summed E-state index contributed by atoms with van der Waals surface area (Å²) in [6.07, 6.45) is 3.60. The van der Waals surface area contributed by atoms with Gasteiger partial charge in [0.25, 0.3) is 0 Å². The van der Waals surface area contributed by atoms with Crippen LogP contribution in [0.5, 0.6) is 0 Å². The van der Waals surface area contributed by atoms with Gasteiger partial charge in [-0.05, 0) is 53.8 Å². The lowest BCUT2D eigenvalue weighted by Gasteiger charge is -2.38. The molecule has 0 bridgehead atoms. The van der Waals surface area contributed by atoms with Crippen LogP contribution in [-0.2, 0) is 0 Å². The van der Waals surface area contributed by atoms with E-state index in [1.54, 1.807) is 0 Å². The Kier molecular flexibility index (Phi) is 2.17. The molecule has 0 radical (unpaired) electrons. The fourth-order valence-corrected chi connectivity index (χ4v) is 5.36. The van der Waals surface area contributed by atoms with Gasteiger partial charge < -0.3 is 10.2 Å². The van der Waals surface area contributed by atoms with Gasteiger partial charge in [-0.25, -0.2) is 0 Å². The van der Waals surface area contributed by atoms with Gasteiger partial charge in [0.1, 0.15) is 0 Å². The SMILES string of the molecule is CC1(C)C[C@H](O)[C@@]2(C)CC[C@@H](O)[C@]3(C)CC3[C@H]12. The van der Waals surface area contributed by atoms with E-state index in [-0.39, 0.29) is 28.5 Å². The van der Waals surface area contributed by atoms with E-state index in [9.17, 15) is 10.2 Å². The molecule has 3 fully saturated rings. The molecule has 2 nitrogen and oxygen atoms in total. The zero-order valence-corrected chi connectivity index (χ0v) is 11.5. The largest absolute Gasteiger partial charge is 0.393 e. The number of aliphatic hydroxyl groups excluding tert-OH is 2. The zero-order chi connectivity index (χ0) is 12.6. The lowest BCUT2D eigenvalue weighted by Crippen LogP contribution is -2.36. The van der Waals surface area contributed by atoms with Gasteiger partial charge >= 0.3 is 0 Å². The van der Waals surface area contributed by atoms with E-state index in [0.717, 1.165) is 25.7 Å². The Morgan fingerprint density at radius 2 is 1.53 bits per heavy atom. The molecule has 3 rings (SSSR count). The van der Waals surface area contributed by atoms with Gasteiger partial charge in [0, 0.05) is 0 Å². The summed E-state index contributed by atoms with van der Waals surface area (Å²) in [5.74, 6) is 1.20. The van der Waals surface area contributed by atoms with Crippen LogP contribution < -0.4 is 0 Å². The molecular weight excluding hydrogens is 212 g/mol. The predicted octanol–water partition coefficient (Wildman–Crippen LogP) is 2.58. The second-order valence-electron chi connectivity index (χ2n) is 8.06. The first-order valence-corrected chi connectivity index (χ1v) is 7.08. The van der Waals surface area contributed by atoms with E-state index < -0.39 is 0 Å². The summed E-state index contributed by atoms with van der Waals surface area (Å²) < 4.78 is 0. The molecule has 0 amide bonds. The Bertz CT molecular complexity index is 351. The molecule has 0 saturated heterocycles. The first-order valence-electron chi connectivity index (χ1n) is 7.08. The molecule has 3 aliphatic carbocycles. The lowest BCUT2D eigenvalue weighted by atomic mass is 9.66. The van der Waals surface area contributed by atoms with Crippen molar-refractivity contribution in [1.82, 2.24) is 0 Å². The van der Waals surface area contributed by atoms with Gasteiger partial charge in [0.05, 0.1) is 12.2 Å². The second-order valence-corrected chi connectivity index (χ2v) is 8.06. The number of hydrogen-bond donors (Lipinski definition) is 2. The highest BCUT2D eigenvalue weighted by atomic mass is 16.3. The third kappa shape index (κ3) is 1.34. The Balaban J connectivity index is 2.03. The van der Waals surface area contributed by atoms with E-state index in [4.69, 9.17) is 0 Å². The number of fused-ring (bicyclic) bond motifs is 3. The molecule has 2 N–H and O–H groups in total. The number of hydrogen-bond acceptors (Lipinski definition) is 2. The van der Waals surface area contributed by atoms with Crippen LogP contribution in [-0.4, -0.2) is 22.4 Å². The van der Waals surface area contributed by atoms with E-state index in [2.05, 4.69) is 27.7 Å². The fraction of sp³-hybridized carbons (Fsp3) is 1.00. The van der Waals surface area contributed by atoms with E-state index in [0.29, 0.717) is 11.8 Å². The summed E-state index contributed by atoms with van der Waals surface area (Å²) in [4.78, 5) is 0. The van der Waals surface area contributed by atoms with Crippen LogP contribution in [0.25, 0.3) is 0 Å². The molecule has 6 atom stereocenters. The molecule has 0 heterocycles. The average molecular weight is 238 g/mol. The molecule has 2 heteroatoms. The zero-order valence-electron chi connectivity index (χ0n) is 11.5. The molecule has 1 unspecified atom stereocenters. The van der Waals surface area contributed by atoms with Crippen LogP contribution in [0.2, 0.25) is 0 Å². The van der Waals surface area contributed by atoms with Crippen molar-refractivity contribution in [3.63, 3.8) is 0 Å². The summed E-state index contributed by atoms with van der Waals surface area (Å²) in [5, 5.41) is 20.8. The summed E-state index contributed by atoms with van der Waals surface area (Å²) >= 11 is 0. The highest BCUT2D eigenvalue weighted by molar-refractivity contribution is 5.18. The van der Waals surface area contributed by atoms with Gasteiger partial charge in [-0.1, -0.05) is 27.7 Å². The first-order chi connectivity index (χ1) is 7.72. The van der Waals surface area contributed by atoms with Crippen molar-refractivity contribution < 1.29 is 10.2 Å². The maximum absolute atomic E-state index is 10.5. The van der Waals surface area contributed by atoms with Crippen LogP contribution in [0.15, 0.2) is 0 Å². The maximum Gasteiger partial charge on any atom is 0.0601 e. The van der Waals surface area contributed by atoms with Gasteiger partial charge in [-0.15, -0.1) is 0 Å². The first kappa shape index (κ1) is 12.0. The minimum atomic E-state index is -0.183. The van der Waals surface area contributed by atoms with Crippen LogP contribution >= 0.6 is 0 Å². The highest BCUT2D eigenvalue weighted by Crippen LogP contribution is 2.73. The van der Waals surface area contributed by atoms with Crippen molar-refractivity contribution >= 4 is 0 Å². The Morgan fingerprint density at radius 3 is 2.18 bits per heavy atom. The van der Waals surface area contributed by atoms with Crippen LogP contribution in [0.1, 0.15) is 53.4 Å². The second kappa shape index (κ2) is 3.08. The standard InChI is InChI=1S/C15H26O2/c1-13(2)8-11(17)14(3)6-5-10(16)15(4)7-9(15)12(13)14/h9-12,16-17H,5-8H2,1-4H3/t9?,10-,11+,12-,14-,15-/m1/s1. The molecular formula is C15H26O2. The molecule has 0 aliphatic heterocycles. The van der Waals surface area contributed by atoms with Crippen molar-refractivity contribution in [2.75, 3.05) is 0 Å². The molecule has 0 spiro atoms. The van der Waals surface area contributed by atoms with Crippen LogP contribution in [0.3, 0.4) is 0 Å². The molecule has 3 aliphatic rings. The van der Waals surface area contributed by atoms with Gasteiger partial charge in [-0.2, -0.15) is 0 Å². The van der Waals surface area contributed by atoms with Gasteiger partial charge in [0.2, 0.25) is 0 Å². The van der Waals surface area contributed by atoms with Crippen molar-refractivity contribution in [2.24, 2.45) is 28.1 Å². The average Bonchev–Trinajstić information content (AvgIpc) is 2.81. The van der Waals surface area contributed by atoms with E-state index >= 15 is 0 Å². The minimum Gasteiger partial charge on any atom is -0.393 e. The van der Waals surface area contributed by atoms with E-state index in [1.807, 2.05) is 0 Å². The van der Waals surface area contributed by atoms with Crippen molar-refractivity contribution in [1.29, 1.82) is 0 Å². The molecule has 3 saturated carbocycles. The summed E-state index contributed by atoms with van der Waals surface area (Å²) in [5.41, 5.74) is 0.397. The third-order valence-corrected chi connectivity index (χ3v) is 6.50. The maximum atomic E-state index is 10.5. The lowest BCUT2D eigenvalue weighted by molar-refractivity contribution is 0.0189. The number of aliphatic hydroxyl groups is 2. The summed E-state index contributed by atoms with van der Waals surface area (Å²) in [6.45, 7) is 9.12. The highest BCUT2D eigenvalue weighted by Gasteiger charge is 2.69. The third-order valence-electron chi connectivity index (χ3n) is 6.50. The normalized spacial score (nSPS) is 60.4. The molecule has 0 aromatic carbocycles. The monoisotopic (exact) mass is 238 g/mol. The predicted molar refractivity (Wildman–Crippen MR) is 67.5 cm³/mol. The van der Waals surface area contributed by atoms with Crippen LogP contribution in [0, 0.1) is 28.1 Å². The smallest absolute Gasteiger partial charge is 0.0601 e. The minimum absolute atomic E-state index is 0.0312. The molecule has 0 aromatic rings. The Labute approximate surface area is 104 Å². The van der Waals surface area contributed by atoms with Crippen molar-refractivity contribution in [2.45, 2.75) is 65.6 Å². The Hall–Kier alpha value is -0.0800.